The fourth-order valence-corrected chi connectivity index (χ4v) is 2.82. The Labute approximate surface area is 138 Å². The number of para-hydroxylation sites is 1. The molecular weight excluding hydrogens is 306 g/mol. The third-order valence-electron chi connectivity index (χ3n) is 4.01. The summed E-state index contributed by atoms with van der Waals surface area (Å²) in [6.45, 7) is 0.715. The van der Waals surface area contributed by atoms with E-state index in [1.807, 2.05) is 30.3 Å². The van der Waals surface area contributed by atoms with Crippen LogP contribution < -0.4 is 10.4 Å². The fraction of sp³-hybridized carbons (Fsp3) is 0.294. The molecule has 0 saturated heterocycles. The third kappa shape index (κ3) is 2.80. The molecule has 3 aromatic rings. The quantitative estimate of drug-likeness (QED) is 0.739. The van der Waals surface area contributed by atoms with E-state index >= 15 is 0 Å². The van der Waals surface area contributed by atoms with Crippen LogP contribution in [0.1, 0.15) is 25.1 Å². The molecule has 0 fully saturated rings. The molecule has 4 rings (SSSR count). The Kier molecular flexibility index (Phi) is 3.82. The minimum atomic E-state index is -0.156. The van der Waals surface area contributed by atoms with Gasteiger partial charge in [-0.1, -0.05) is 24.6 Å². The van der Waals surface area contributed by atoms with Crippen LogP contribution in [0.3, 0.4) is 0 Å². The van der Waals surface area contributed by atoms with Gasteiger partial charge < -0.3 is 4.74 Å². The lowest BCUT2D eigenvalue weighted by Crippen LogP contribution is -2.24. The molecule has 122 valence electrons. The number of ether oxygens (including phenoxy) is 1. The number of aryl methyl sites for hydroxylation is 1. The highest BCUT2D eigenvalue weighted by molar-refractivity contribution is 5.26. The van der Waals surface area contributed by atoms with E-state index in [2.05, 4.69) is 15.1 Å². The monoisotopic (exact) mass is 323 g/mol. The fourth-order valence-electron chi connectivity index (χ4n) is 2.82. The van der Waals surface area contributed by atoms with E-state index in [0.717, 1.165) is 31.5 Å². The first kappa shape index (κ1) is 14.6. The van der Waals surface area contributed by atoms with Crippen molar-refractivity contribution in [2.75, 3.05) is 0 Å². The van der Waals surface area contributed by atoms with Gasteiger partial charge >= 0.3 is 11.7 Å². The molecule has 0 amide bonds. The van der Waals surface area contributed by atoms with Crippen LogP contribution >= 0.6 is 0 Å². The van der Waals surface area contributed by atoms with E-state index in [1.165, 1.54) is 4.68 Å². The number of hydrogen-bond acceptors (Lipinski definition) is 5. The SMILES string of the molecule is O=c1n(-c2ccnc(Oc3ccccc3)n2)nc2n1CCCCC2. The number of benzene rings is 1. The molecule has 1 aliphatic rings. The first-order chi connectivity index (χ1) is 11.8. The molecule has 0 unspecified atom stereocenters. The molecule has 0 spiro atoms. The Morgan fingerprint density at radius 3 is 2.79 bits per heavy atom. The number of rotatable bonds is 3. The zero-order valence-electron chi connectivity index (χ0n) is 13.1. The van der Waals surface area contributed by atoms with E-state index in [0.29, 0.717) is 18.1 Å². The van der Waals surface area contributed by atoms with Gasteiger partial charge in [-0.15, -0.1) is 5.10 Å². The van der Waals surface area contributed by atoms with Gasteiger partial charge in [-0.3, -0.25) is 4.57 Å². The Morgan fingerprint density at radius 2 is 1.92 bits per heavy atom. The first-order valence-corrected chi connectivity index (χ1v) is 8.06. The van der Waals surface area contributed by atoms with Crippen LogP contribution in [-0.4, -0.2) is 24.3 Å². The summed E-state index contributed by atoms with van der Waals surface area (Å²) in [6.07, 6.45) is 5.58. The van der Waals surface area contributed by atoms with Gasteiger partial charge in [0, 0.05) is 25.2 Å². The zero-order chi connectivity index (χ0) is 16.4. The van der Waals surface area contributed by atoms with E-state index in [4.69, 9.17) is 4.74 Å². The molecular formula is C17H17N5O2. The summed E-state index contributed by atoms with van der Waals surface area (Å²) in [4.78, 5) is 21.0. The number of hydrogen-bond donors (Lipinski definition) is 0. The van der Waals surface area contributed by atoms with Crippen LogP contribution in [0.25, 0.3) is 5.82 Å². The molecule has 0 radical (unpaired) electrons. The van der Waals surface area contributed by atoms with Crippen molar-refractivity contribution in [3.05, 3.63) is 58.9 Å². The second kappa shape index (κ2) is 6.27. The average Bonchev–Trinajstić information content (AvgIpc) is 2.78. The predicted molar refractivity (Wildman–Crippen MR) is 87.5 cm³/mol. The van der Waals surface area contributed by atoms with Crippen molar-refractivity contribution in [3.8, 4) is 17.6 Å². The van der Waals surface area contributed by atoms with Crippen molar-refractivity contribution in [3.63, 3.8) is 0 Å². The lowest BCUT2D eigenvalue weighted by Gasteiger charge is -2.04. The average molecular weight is 323 g/mol. The van der Waals surface area contributed by atoms with E-state index in [1.54, 1.807) is 16.8 Å². The first-order valence-electron chi connectivity index (χ1n) is 8.06. The van der Waals surface area contributed by atoms with Gasteiger partial charge in [0.05, 0.1) is 0 Å². The lowest BCUT2D eigenvalue weighted by atomic mass is 10.2. The molecule has 0 N–H and O–H groups in total. The summed E-state index contributed by atoms with van der Waals surface area (Å²) in [5, 5.41) is 4.45. The smallest absolute Gasteiger partial charge is 0.352 e. The normalized spacial score (nSPS) is 14.0. The van der Waals surface area contributed by atoms with Gasteiger partial charge in [0.15, 0.2) is 5.82 Å². The van der Waals surface area contributed by atoms with E-state index in [-0.39, 0.29) is 11.7 Å². The van der Waals surface area contributed by atoms with Crippen LogP contribution in [0.15, 0.2) is 47.4 Å². The number of fused-ring (bicyclic) bond motifs is 1. The van der Waals surface area contributed by atoms with Gasteiger partial charge in [0.2, 0.25) is 0 Å². The highest BCUT2D eigenvalue weighted by Crippen LogP contribution is 2.17. The Morgan fingerprint density at radius 1 is 1.04 bits per heavy atom. The highest BCUT2D eigenvalue weighted by Gasteiger charge is 2.17. The van der Waals surface area contributed by atoms with Gasteiger partial charge in [0.25, 0.3) is 0 Å². The summed E-state index contributed by atoms with van der Waals surface area (Å²) >= 11 is 0. The van der Waals surface area contributed by atoms with Gasteiger partial charge in [-0.25, -0.2) is 9.78 Å². The minimum absolute atomic E-state index is 0.156. The largest absolute Gasteiger partial charge is 0.424 e. The van der Waals surface area contributed by atoms with Crippen LogP contribution in [0.5, 0.6) is 11.8 Å². The van der Waals surface area contributed by atoms with Crippen molar-refractivity contribution in [1.29, 1.82) is 0 Å². The third-order valence-corrected chi connectivity index (χ3v) is 4.01. The van der Waals surface area contributed by atoms with Crippen molar-refractivity contribution in [2.45, 2.75) is 32.2 Å². The summed E-state index contributed by atoms with van der Waals surface area (Å²) in [6, 6.07) is 11.1. The lowest BCUT2D eigenvalue weighted by molar-refractivity contribution is 0.440. The Balaban J connectivity index is 1.68. The number of nitrogens with zero attached hydrogens (tertiary/aromatic N) is 5. The second-order valence-electron chi connectivity index (χ2n) is 5.69. The maximum atomic E-state index is 12.6. The van der Waals surface area contributed by atoms with Crippen molar-refractivity contribution in [1.82, 2.24) is 24.3 Å². The van der Waals surface area contributed by atoms with Crippen LogP contribution in [0.4, 0.5) is 0 Å². The minimum Gasteiger partial charge on any atom is -0.424 e. The molecule has 2 aromatic heterocycles. The summed E-state index contributed by atoms with van der Waals surface area (Å²) in [5.41, 5.74) is -0.156. The molecule has 0 bridgehead atoms. The molecule has 24 heavy (non-hydrogen) atoms. The summed E-state index contributed by atoms with van der Waals surface area (Å²) < 4.78 is 8.71. The van der Waals surface area contributed by atoms with Crippen molar-refractivity contribution in [2.24, 2.45) is 0 Å². The van der Waals surface area contributed by atoms with Crippen LogP contribution in [-0.2, 0) is 13.0 Å². The standard InChI is InChI=1S/C17H17N5O2/c23-17-21-12-6-2-5-9-15(21)20-22(17)14-10-11-18-16(19-14)24-13-7-3-1-4-8-13/h1,3-4,7-8,10-11H,2,5-6,9,12H2. The maximum absolute atomic E-state index is 12.6. The Hall–Kier alpha value is -2.96. The topological polar surface area (TPSA) is 74.8 Å². The zero-order valence-corrected chi connectivity index (χ0v) is 13.1. The molecule has 0 atom stereocenters. The van der Waals surface area contributed by atoms with Crippen LogP contribution in [0, 0.1) is 0 Å². The highest BCUT2D eigenvalue weighted by atomic mass is 16.5. The molecule has 0 aliphatic carbocycles. The maximum Gasteiger partial charge on any atom is 0.352 e. The number of aromatic nitrogens is 5. The summed E-state index contributed by atoms with van der Waals surface area (Å²) in [5.74, 6) is 1.88. The van der Waals surface area contributed by atoms with Gasteiger partial charge in [-0.2, -0.15) is 9.67 Å². The summed E-state index contributed by atoms with van der Waals surface area (Å²) in [7, 11) is 0. The van der Waals surface area contributed by atoms with Crippen LogP contribution in [0.2, 0.25) is 0 Å². The van der Waals surface area contributed by atoms with E-state index in [9.17, 15) is 4.79 Å². The molecule has 3 heterocycles. The molecule has 7 heteroatoms. The van der Waals surface area contributed by atoms with Gasteiger partial charge in [0.1, 0.15) is 11.6 Å². The van der Waals surface area contributed by atoms with Crippen molar-refractivity contribution >= 4 is 0 Å². The van der Waals surface area contributed by atoms with Gasteiger partial charge in [-0.05, 0) is 25.0 Å². The second-order valence-corrected chi connectivity index (χ2v) is 5.69. The molecule has 0 saturated carbocycles. The van der Waals surface area contributed by atoms with E-state index < -0.39 is 0 Å². The molecule has 7 nitrogen and oxygen atoms in total. The molecule has 1 aliphatic heterocycles. The van der Waals surface area contributed by atoms with Crippen molar-refractivity contribution < 1.29 is 4.74 Å². The predicted octanol–water partition coefficient (Wildman–Crippen LogP) is 2.34. The molecule has 1 aromatic carbocycles. The Bertz CT molecular complexity index is 901.